The molecule has 1 saturated heterocycles. The summed E-state index contributed by atoms with van der Waals surface area (Å²) in [5.74, 6) is 2.44. The van der Waals surface area contributed by atoms with Crippen LogP contribution in [0, 0.1) is 12.3 Å². The molecule has 0 unspecified atom stereocenters. The van der Waals surface area contributed by atoms with Crippen LogP contribution in [0.15, 0.2) is 24.3 Å². The number of amides is 2. The molecule has 2 rings (SSSR count). The van der Waals surface area contributed by atoms with E-state index in [1.54, 1.807) is 11.0 Å². The van der Waals surface area contributed by atoms with Crippen molar-refractivity contribution in [1.82, 2.24) is 9.80 Å². The molecule has 0 saturated carbocycles. The van der Waals surface area contributed by atoms with Crippen molar-refractivity contribution in [3.05, 3.63) is 29.8 Å². The molecule has 0 bridgehead atoms. The first-order valence-corrected chi connectivity index (χ1v) is 9.22. The van der Waals surface area contributed by atoms with Crippen LogP contribution in [0.5, 0.6) is 0 Å². The predicted octanol–water partition coefficient (Wildman–Crippen LogP) is 2.94. The number of piperidine rings is 1. The fourth-order valence-electron chi connectivity index (χ4n) is 3.05. The number of hydrogen-bond acceptors (Lipinski definition) is 4. The summed E-state index contributed by atoms with van der Waals surface area (Å²) in [7, 11) is 1.90. The number of benzene rings is 1. The Kier molecular flexibility index (Phi) is 6.86. The number of anilines is 1. The summed E-state index contributed by atoms with van der Waals surface area (Å²) in [6.07, 6.45) is 6.92. The number of rotatable bonds is 4. The van der Waals surface area contributed by atoms with Gasteiger partial charge in [-0.15, -0.1) is 6.42 Å². The van der Waals surface area contributed by atoms with Crippen LogP contribution in [0.4, 0.5) is 10.5 Å². The lowest BCUT2D eigenvalue weighted by molar-refractivity contribution is -0.117. The van der Waals surface area contributed by atoms with E-state index >= 15 is 0 Å². The molecule has 1 aliphatic heterocycles. The van der Waals surface area contributed by atoms with Crippen LogP contribution in [-0.4, -0.2) is 60.1 Å². The molecule has 6 nitrogen and oxygen atoms in total. The number of hydrogen-bond donors (Lipinski definition) is 1. The summed E-state index contributed by atoms with van der Waals surface area (Å²) in [6, 6.07) is 7.32. The molecule has 0 radical (unpaired) electrons. The summed E-state index contributed by atoms with van der Waals surface area (Å²) in [4.78, 5) is 28.4. The molecule has 6 heteroatoms. The molecule has 146 valence electrons. The van der Waals surface area contributed by atoms with Crippen molar-refractivity contribution in [2.75, 3.05) is 32.0 Å². The number of nitrogens with one attached hydrogen (secondary N) is 1. The van der Waals surface area contributed by atoms with Crippen molar-refractivity contribution in [3.63, 3.8) is 0 Å². The zero-order valence-corrected chi connectivity index (χ0v) is 16.6. The second kappa shape index (κ2) is 8.92. The van der Waals surface area contributed by atoms with Crippen molar-refractivity contribution in [2.24, 2.45) is 0 Å². The standard InChI is InChI=1S/C21H29N3O3/c1-6-16-9-7-10-17(13-16)22-19(25)15-23(5)18-11-8-12-24(14-18)20(26)27-21(2,3)4/h1,7,9-10,13,18H,8,11-12,14-15H2,2-5H3,(H,22,25)/t18-/m1/s1. The molecule has 1 N–H and O–H groups in total. The fraction of sp³-hybridized carbons (Fsp3) is 0.524. The molecular formula is C21H29N3O3. The predicted molar refractivity (Wildman–Crippen MR) is 106 cm³/mol. The Morgan fingerprint density at radius 3 is 2.81 bits per heavy atom. The van der Waals surface area contributed by atoms with E-state index in [0.717, 1.165) is 18.4 Å². The maximum absolute atomic E-state index is 12.4. The van der Waals surface area contributed by atoms with Gasteiger partial charge in [0.15, 0.2) is 0 Å². The van der Waals surface area contributed by atoms with E-state index in [4.69, 9.17) is 11.2 Å². The number of ether oxygens (including phenoxy) is 1. The molecule has 1 heterocycles. The average molecular weight is 371 g/mol. The van der Waals surface area contributed by atoms with Gasteiger partial charge in [0.1, 0.15) is 5.60 Å². The second-order valence-corrected chi connectivity index (χ2v) is 7.91. The molecule has 0 aromatic heterocycles. The summed E-state index contributed by atoms with van der Waals surface area (Å²) in [5, 5.41) is 2.87. The van der Waals surface area contributed by atoms with Crippen LogP contribution in [0.3, 0.4) is 0 Å². The van der Waals surface area contributed by atoms with Gasteiger partial charge in [0.05, 0.1) is 6.54 Å². The summed E-state index contributed by atoms with van der Waals surface area (Å²) in [6.45, 7) is 7.07. The van der Waals surface area contributed by atoms with Crippen LogP contribution in [0.2, 0.25) is 0 Å². The monoisotopic (exact) mass is 371 g/mol. The average Bonchev–Trinajstić information content (AvgIpc) is 2.60. The Morgan fingerprint density at radius 2 is 2.15 bits per heavy atom. The highest BCUT2D eigenvalue weighted by Crippen LogP contribution is 2.18. The number of nitrogens with zero attached hydrogens (tertiary/aromatic N) is 2. The van der Waals surface area contributed by atoms with Gasteiger partial charge in [-0.2, -0.15) is 0 Å². The molecule has 0 aliphatic carbocycles. The number of terminal acetylenes is 1. The Bertz CT molecular complexity index is 718. The highest BCUT2D eigenvalue weighted by molar-refractivity contribution is 5.92. The van der Waals surface area contributed by atoms with Crippen molar-refractivity contribution >= 4 is 17.7 Å². The smallest absolute Gasteiger partial charge is 0.410 e. The van der Waals surface area contributed by atoms with E-state index in [1.165, 1.54) is 0 Å². The molecule has 1 aromatic rings. The zero-order chi connectivity index (χ0) is 20.0. The molecule has 1 fully saturated rings. The van der Waals surface area contributed by atoms with Gasteiger partial charge in [-0.25, -0.2) is 4.79 Å². The van der Waals surface area contributed by atoms with Gasteiger partial charge in [0.2, 0.25) is 5.91 Å². The summed E-state index contributed by atoms with van der Waals surface area (Å²) in [5.41, 5.74) is 0.896. The second-order valence-electron chi connectivity index (χ2n) is 7.91. The van der Waals surface area contributed by atoms with Gasteiger partial charge in [0.25, 0.3) is 0 Å². The molecule has 1 atom stereocenters. The SMILES string of the molecule is C#Cc1cccc(NC(=O)CN(C)[C@@H]2CCCN(C(=O)OC(C)(C)C)C2)c1. The molecule has 1 aliphatic rings. The normalized spacial score (nSPS) is 17.3. The third kappa shape index (κ3) is 6.61. The lowest BCUT2D eigenvalue weighted by Crippen LogP contribution is -2.51. The van der Waals surface area contributed by atoms with Gasteiger partial charge < -0.3 is 15.0 Å². The summed E-state index contributed by atoms with van der Waals surface area (Å²) >= 11 is 0. The minimum Gasteiger partial charge on any atom is -0.444 e. The zero-order valence-electron chi connectivity index (χ0n) is 16.6. The first kappa shape index (κ1) is 20.8. The maximum Gasteiger partial charge on any atom is 0.410 e. The first-order valence-electron chi connectivity index (χ1n) is 9.22. The van der Waals surface area contributed by atoms with E-state index in [9.17, 15) is 9.59 Å². The van der Waals surface area contributed by atoms with Crippen LogP contribution >= 0.6 is 0 Å². The number of carbonyl (C=O) groups is 2. The van der Waals surface area contributed by atoms with Crippen LogP contribution in [0.25, 0.3) is 0 Å². The lowest BCUT2D eigenvalue weighted by Gasteiger charge is -2.37. The Balaban J connectivity index is 1.89. The van der Waals surface area contributed by atoms with E-state index in [-0.39, 0.29) is 24.6 Å². The van der Waals surface area contributed by atoms with E-state index in [2.05, 4.69) is 11.2 Å². The van der Waals surface area contributed by atoms with Gasteiger partial charge in [-0.3, -0.25) is 9.69 Å². The van der Waals surface area contributed by atoms with Crippen molar-refractivity contribution < 1.29 is 14.3 Å². The Labute approximate surface area is 161 Å². The number of likely N-dealkylation sites (tertiary alicyclic amines) is 1. The van der Waals surface area contributed by atoms with E-state index in [1.807, 2.05) is 50.9 Å². The van der Waals surface area contributed by atoms with Gasteiger partial charge in [-0.05, 0) is 58.9 Å². The third-order valence-corrected chi connectivity index (χ3v) is 4.38. The van der Waals surface area contributed by atoms with Crippen LogP contribution in [0.1, 0.15) is 39.2 Å². The fourth-order valence-corrected chi connectivity index (χ4v) is 3.05. The minimum absolute atomic E-state index is 0.110. The molecule has 1 aromatic carbocycles. The topological polar surface area (TPSA) is 61.9 Å². The van der Waals surface area contributed by atoms with Crippen molar-refractivity contribution in [3.8, 4) is 12.3 Å². The van der Waals surface area contributed by atoms with Crippen LogP contribution in [-0.2, 0) is 9.53 Å². The minimum atomic E-state index is -0.511. The van der Waals surface area contributed by atoms with Gasteiger partial charge in [0, 0.05) is 30.4 Å². The maximum atomic E-state index is 12.4. The van der Waals surface area contributed by atoms with Crippen molar-refractivity contribution in [2.45, 2.75) is 45.3 Å². The van der Waals surface area contributed by atoms with Crippen LogP contribution < -0.4 is 5.32 Å². The third-order valence-electron chi connectivity index (χ3n) is 4.38. The van der Waals surface area contributed by atoms with Crippen molar-refractivity contribution in [1.29, 1.82) is 0 Å². The number of carbonyl (C=O) groups excluding carboxylic acids is 2. The summed E-state index contributed by atoms with van der Waals surface area (Å²) < 4.78 is 5.46. The molecule has 2 amide bonds. The molecular weight excluding hydrogens is 342 g/mol. The molecule has 27 heavy (non-hydrogen) atoms. The van der Waals surface area contributed by atoms with Gasteiger partial charge in [-0.1, -0.05) is 12.0 Å². The molecule has 0 spiro atoms. The largest absolute Gasteiger partial charge is 0.444 e. The Hall–Kier alpha value is -2.52. The van der Waals surface area contributed by atoms with Gasteiger partial charge >= 0.3 is 6.09 Å². The highest BCUT2D eigenvalue weighted by Gasteiger charge is 2.29. The quantitative estimate of drug-likeness (QED) is 0.827. The van der Waals surface area contributed by atoms with E-state index in [0.29, 0.717) is 18.8 Å². The lowest BCUT2D eigenvalue weighted by atomic mass is 10.0. The van der Waals surface area contributed by atoms with E-state index < -0.39 is 5.60 Å². The highest BCUT2D eigenvalue weighted by atomic mass is 16.6. The first-order chi connectivity index (χ1) is 12.7. The number of likely N-dealkylation sites (N-methyl/N-ethyl adjacent to an activating group) is 1. The Morgan fingerprint density at radius 1 is 1.41 bits per heavy atom.